The Morgan fingerprint density at radius 2 is 1.61 bits per heavy atom. The van der Waals surface area contributed by atoms with E-state index in [1.54, 1.807) is 16.1 Å². The Balaban J connectivity index is 2.10. The highest BCUT2D eigenvalue weighted by molar-refractivity contribution is 5.85. The highest BCUT2D eigenvalue weighted by atomic mass is 16.3. The zero-order valence-electron chi connectivity index (χ0n) is 19.9. The van der Waals surface area contributed by atoms with Crippen LogP contribution in [0.5, 0.6) is 0 Å². The Labute approximate surface area is 187 Å². The summed E-state index contributed by atoms with van der Waals surface area (Å²) in [6.07, 6.45) is 3.04. The summed E-state index contributed by atoms with van der Waals surface area (Å²) in [6.45, 7) is 13.5. The van der Waals surface area contributed by atoms with Crippen molar-refractivity contribution in [2.45, 2.75) is 73.5 Å². The minimum atomic E-state index is -0.0780. The van der Waals surface area contributed by atoms with E-state index in [9.17, 15) is 9.59 Å². The van der Waals surface area contributed by atoms with Crippen LogP contribution in [0.4, 0.5) is 0 Å². The molecule has 1 aromatic heterocycles. The summed E-state index contributed by atoms with van der Waals surface area (Å²) in [5.74, 6) is 0.960. The van der Waals surface area contributed by atoms with E-state index >= 15 is 0 Å². The van der Waals surface area contributed by atoms with Gasteiger partial charge in [-0.25, -0.2) is 0 Å². The van der Waals surface area contributed by atoms with Crippen molar-refractivity contribution >= 4 is 11.8 Å². The highest BCUT2D eigenvalue weighted by Crippen LogP contribution is 2.26. The maximum Gasteiger partial charge on any atom is 0.242 e. The van der Waals surface area contributed by atoms with E-state index < -0.39 is 0 Å². The lowest BCUT2D eigenvalue weighted by atomic mass is 9.84. The molecule has 5 nitrogen and oxygen atoms in total. The van der Waals surface area contributed by atoms with E-state index in [0.717, 1.165) is 17.7 Å². The Morgan fingerprint density at radius 1 is 0.935 bits per heavy atom. The standard InChI is InChI=1S/C26H38N2O3/c1-20(2)28(24(29)15-21(3)16-26(4,5)6)19-25(30)27(18-23-13-10-14-31-23)17-22-11-8-7-9-12-22/h7-14,20-21H,15-19H2,1-6H3. The summed E-state index contributed by atoms with van der Waals surface area (Å²) in [7, 11) is 0. The molecule has 1 heterocycles. The fourth-order valence-corrected chi connectivity index (χ4v) is 3.96. The maximum atomic E-state index is 13.3. The van der Waals surface area contributed by atoms with Crippen molar-refractivity contribution < 1.29 is 14.0 Å². The minimum Gasteiger partial charge on any atom is -0.467 e. The van der Waals surface area contributed by atoms with Gasteiger partial charge in [-0.1, -0.05) is 58.0 Å². The number of rotatable bonds is 10. The molecule has 0 spiro atoms. The average molecular weight is 427 g/mol. The van der Waals surface area contributed by atoms with E-state index in [1.165, 1.54) is 0 Å². The lowest BCUT2D eigenvalue weighted by Gasteiger charge is -2.31. The Hall–Kier alpha value is -2.56. The summed E-state index contributed by atoms with van der Waals surface area (Å²) in [5, 5.41) is 0. The van der Waals surface area contributed by atoms with Crippen molar-refractivity contribution in [3.63, 3.8) is 0 Å². The number of benzene rings is 1. The number of carbonyl (C=O) groups excluding carboxylic acids is 2. The van der Waals surface area contributed by atoms with E-state index in [-0.39, 0.29) is 35.7 Å². The summed E-state index contributed by atoms with van der Waals surface area (Å²) in [6, 6.07) is 13.5. The van der Waals surface area contributed by atoms with E-state index in [2.05, 4.69) is 27.7 Å². The minimum absolute atomic E-state index is 0.0396. The van der Waals surface area contributed by atoms with Crippen LogP contribution in [-0.4, -0.2) is 34.2 Å². The predicted octanol–water partition coefficient (Wildman–Crippen LogP) is 5.51. The summed E-state index contributed by atoms with van der Waals surface area (Å²) >= 11 is 0. The Bertz CT molecular complexity index is 807. The first-order valence-corrected chi connectivity index (χ1v) is 11.2. The normalized spacial score (nSPS) is 12.6. The van der Waals surface area contributed by atoms with Crippen molar-refractivity contribution in [2.75, 3.05) is 6.54 Å². The molecule has 0 radical (unpaired) electrons. The van der Waals surface area contributed by atoms with Gasteiger partial charge in [0.25, 0.3) is 0 Å². The molecule has 0 aliphatic heterocycles. The molecule has 31 heavy (non-hydrogen) atoms. The van der Waals surface area contributed by atoms with E-state index in [1.807, 2.05) is 56.3 Å². The molecule has 0 saturated heterocycles. The molecular weight excluding hydrogens is 388 g/mol. The van der Waals surface area contributed by atoms with Gasteiger partial charge in [-0.2, -0.15) is 0 Å². The molecule has 0 aliphatic carbocycles. The second-order valence-electron chi connectivity index (χ2n) is 10.0. The number of hydrogen-bond donors (Lipinski definition) is 0. The molecule has 5 heteroatoms. The molecule has 1 unspecified atom stereocenters. The van der Waals surface area contributed by atoms with Crippen LogP contribution in [0.3, 0.4) is 0 Å². The predicted molar refractivity (Wildman–Crippen MR) is 124 cm³/mol. The van der Waals surface area contributed by atoms with Crippen molar-refractivity contribution in [3.05, 3.63) is 60.1 Å². The first-order valence-electron chi connectivity index (χ1n) is 11.2. The average Bonchev–Trinajstić information content (AvgIpc) is 3.17. The maximum absolute atomic E-state index is 13.3. The molecule has 2 amide bonds. The molecule has 0 aliphatic rings. The number of amides is 2. The fraction of sp³-hybridized carbons (Fsp3) is 0.538. The molecule has 0 saturated carbocycles. The molecule has 0 fully saturated rings. The van der Waals surface area contributed by atoms with Gasteiger partial charge < -0.3 is 14.2 Å². The Morgan fingerprint density at radius 3 is 2.16 bits per heavy atom. The molecular formula is C26H38N2O3. The van der Waals surface area contributed by atoms with Gasteiger partial charge in [-0.3, -0.25) is 9.59 Å². The van der Waals surface area contributed by atoms with Crippen LogP contribution in [-0.2, 0) is 22.7 Å². The zero-order valence-corrected chi connectivity index (χ0v) is 19.9. The monoisotopic (exact) mass is 426 g/mol. The quantitative estimate of drug-likeness (QED) is 0.503. The number of carbonyl (C=O) groups is 2. The fourth-order valence-electron chi connectivity index (χ4n) is 3.96. The van der Waals surface area contributed by atoms with E-state index in [0.29, 0.717) is 19.5 Å². The molecule has 2 aromatic rings. The SMILES string of the molecule is CC(CC(=O)N(CC(=O)N(Cc1ccccc1)Cc1ccco1)C(C)C)CC(C)(C)C. The van der Waals surface area contributed by atoms with Crippen LogP contribution in [0.1, 0.15) is 65.7 Å². The molecule has 1 atom stereocenters. The van der Waals surface area contributed by atoms with Gasteiger partial charge in [0.15, 0.2) is 0 Å². The van der Waals surface area contributed by atoms with Gasteiger partial charge in [-0.15, -0.1) is 0 Å². The topological polar surface area (TPSA) is 53.8 Å². The zero-order chi connectivity index (χ0) is 23.0. The third-order valence-electron chi connectivity index (χ3n) is 5.23. The first-order chi connectivity index (χ1) is 14.5. The van der Waals surface area contributed by atoms with Crippen molar-refractivity contribution in [1.82, 2.24) is 9.80 Å². The van der Waals surface area contributed by atoms with Crippen LogP contribution in [0.15, 0.2) is 53.1 Å². The summed E-state index contributed by atoms with van der Waals surface area (Å²) in [4.78, 5) is 29.8. The van der Waals surface area contributed by atoms with Gasteiger partial charge in [-0.05, 0) is 49.3 Å². The van der Waals surface area contributed by atoms with Gasteiger partial charge >= 0.3 is 0 Å². The molecule has 1 aromatic carbocycles. The second-order valence-corrected chi connectivity index (χ2v) is 10.0. The summed E-state index contributed by atoms with van der Waals surface area (Å²) < 4.78 is 5.48. The lowest BCUT2D eigenvalue weighted by Crippen LogP contribution is -2.46. The molecule has 170 valence electrons. The van der Waals surface area contributed by atoms with Crippen molar-refractivity contribution in [3.8, 4) is 0 Å². The van der Waals surface area contributed by atoms with Gasteiger partial charge in [0, 0.05) is 19.0 Å². The first kappa shape index (κ1) is 24.7. The second kappa shape index (κ2) is 11.2. The third-order valence-corrected chi connectivity index (χ3v) is 5.23. The van der Waals surface area contributed by atoms with Gasteiger partial charge in [0.2, 0.25) is 11.8 Å². The van der Waals surface area contributed by atoms with Crippen LogP contribution >= 0.6 is 0 Å². The largest absolute Gasteiger partial charge is 0.467 e. The summed E-state index contributed by atoms with van der Waals surface area (Å²) in [5.41, 5.74) is 1.22. The van der Waals surface area contributed by atoms with Crippen molar-refractivity contribution in [2.24, 2.45) is 11.3 Å². The molecule has 0 N–H and O–H groups in total. The van der Waals surface area contributed by atoms with Gasteiger partial charge in [0.1, 0.15) is 5.76 Å². The van der Waals surface area contributed by atoms with Crippen LogP contribution in [0, 0.1) is 11.3 Å². The molecule has 0 bridgehead atoms. The molecule has 2 rings (SSSR count). The number of furan rings is 1. The van der Waals surface area contributed by atoms with Crippen molar-refractivity contribution in [1.29, 1.82) is 0 Å². The van der Waals surface area contributed by atoms with Gasteiger partial charge in [0.05, 0.1) is 19.4 Å². The smallest absolute Gasteiger partial charge is 0.242 e. The lowest BCUT2D eigenvalue weighted by molar-refractivity contribution is -0.143. The number of hydrogen-bond acceptors (Lipinski definition) is 3. The van der Waals surface area contributed by atoms with Crippen LogP contribution < -0.4 is 0 Å². The van der Waals surface area contributed by atoms with Crippen LogP contribution in [0.2, 0.25) is 0 Å². The van der Waals surface area contributed by atoms with Crippen LogP contribution in [0.25, 0.3) is 0 Å². The number of nitrogens with zero attached hydrogens (tertiary/aromatic N) is 2. The van der Waals surface area contributed by atoms with E-state index in [4.69, 9.17) is 4.42 Å². The highest BCUT2D eigenvalue weighted by Gasteiger charge is 2.26. The Kier molecular flexibility index (Phi) is 8.90. The third kappa shape index (κ3) is 8.60.